The zero-order valence-corrected chi connectivity index (χ0v) is 17.0. The second-order valence-corrected chi connectivity index (χ2v) is 9.56. The molecule has 0 amide bonds. The maximum Gasteiger partial charge on any atom is 0.433 e. The van der Waals surface area contributed by atoms with Crippen LogP contribution in [0.3, 0.4) is 0 Å². The molecule has 2 saturated heterocycles. The summed E-state index contributed by atoms with van der Waals surface area (Å²) in [6.45, 7) is 3.45. The topological polar surface area (TPSA) is 70.8 Å². The molecule has 0 bridgehead atoms. The molecule has 7 nitrogen and oxygen atoms in total. The van der Waals surface area contributed by atoms with Gasteiger partial charge in [-0.15, -0.1) is 0 Å². The Morgan fingerprint density at radius 3 is 2.45 bits per heavy atom. The molecular formula is C18H24F3N5O2S. The van der Waals surface area contributed by atoms with E-state index in [1.807, 2.05) is 0 Å². The molecule has 1 atom stereocenters. The van der Waals surface area contributed by atoms with E-state index in [2.05, 4.69) is 10.1 Å². The number of hydrogen-bond donors (Lipinski definition) is 0. The van der Waals surface area contributed by atoms with Gasteiger partial charge in [0.1, 0.15) is 5.69 Å². The van der Waals surface area contributed by atoms with E-state index in [1.165, 1.54) is 8.61 Å². The van der Waals surface area contributed by atoms with Crippen LogP contribution in [-0.2, 0) is 22.8 Å². The van der Waals surface area contributed by atoms with Crippen molar-refractivity contribution in [2.75, 3.05) is 26.2 Å². The van der Waals surface area contributed by atoms with Crippen LogP contribution in [-0.4, -0.2) is 57.8 Å². The minimum atomic E-state index is -4.55. The van der Waals surface area contributed by atoms with E-state index in [1.54, 1.807) is 13.0 Å². The van der Waals surface area contributed by atoms with Crippen molar-refractivity contribution in [1.29, 1.82) is 0 Å². The van der Waals surface area contributed by atoms with E-state index < -0.39 is 22.1 Å². The van der Waals surface area contributed by atoms with Crippen LogP contribution >= 0.6 is 0 Å². The molecule has 0 aliphatic carbocycles. The second-order valence-electron chi connectivity index (χ2n) is 7.63. The zero-order valence-electron chi connectivity index (χ0n) is 16.2. The van der Waals surface area contributed by atoms with Gasteiger partial charge in [0.25, 0.3) is 10.2 Å². The normalized spacial score (nSPS) is 22.6. The van der Waals surface area contributed by atoms with Crippen molar-refractivity contribution in [2.24, 2.45) is 0 Å². The second kappa shape index (κ2) is 7.51. The molecule has 0 unspecified atom stereocenters. The van der Waals surface area contributed by atoms with E-state index in [0.717, 1.165) is 23.4 Å². The van der Waals surface area contributed by atoms with Crippen molar-refractivity contribution in [3.05, 3.63) is 29.2 Å². The summed E-state index contributed by atoms with van der Waals surface area (Å²) >= 11 is 0. The number of hydrogen-bond acceptors (Lipinski definition) is 4. The smallest absolute Gasteiger partial charge is 0.234 e. The van der Waals surface area contributed by atoms with Crippen LogP contribution in [0, 0.1) is 0 Å². The van der Waals surface area contributed by atoms with E-state index in [0.29, 0.717) is 50.3 Å². The molecule has 0 spiro atoms. The Morgan fingerprint density at radius 1 is 1.10 bits per heavy atom. The van der Waals surface area contributed by atoms with Gasteiger partial charge in [0.2, 0.25) is 0 Å². The summed E-state index contributed by atoms with van der Waals surface area (Å²) in [5.74, 6) is -0.256. The summed E-state index contributed by atoms with van der Waals surface area (Å²) in [4.78, 5) is 4.27. The van der Waals surface area contributed by atoms with Crippen LogP contribution in [0.15, 0.2) is 12.1 Å². The molecule has 0 saturated carbocycles. The molecule has 4 heterocycles. The highest BCUT2D eigenvalue weighted by Gasteiger charge is 2.38. The SMILES string of the molecule is CCc1cc(C(F)(F)F)n2nc([C@@H]3CCCN(S(=O)(=O)N4CCCC4)C3)cc2n1. The van der Waals surface area contributed by atoms with Gasteiger partial charge >= 0.3 is 6.18 Å². The highest BCUT2D eigenvalue weighted by atomic mass is 32.2. The third kappa shape index (κ3) is 3.87. The van der Waals surface area contributed by atoms with Crippen LogP contribution in [0.5, 0.6) is 0 Å². The van der Waals surface area contributed by atoms with Gasteiger partial charge in [0.05, 0.1) is 5.69 Å². The standard InChI is InChI=1S/C18H24F3N5O2S/c1-2-14-10-16(18(19,20)21)26-17(22-14)11-15(23-26)13-6-5-9-25(12-13)29(27,28)24-7-3-4-8-24/h10-11,13H,2-9,12H2,1H3/t13-/m1/s1. The lowest BCUT2D eigenvalue weighted by Gasteiger charge is -2.33. The lowest BCUT2D eigenvalue weighted by Crippen LogP contribution is -2.46. The fraction of sp³-hybridized carbons (Fsp3) is 0.667. The largest absolute Gasteiger partial charge is 0.433 e. The monoisotopic (exact) mass is 431 g/mol. The minimum Gasteiger partial charge on any atom is -0.234 e. The molecule has 0 radical (unpaired) electrons. The first-order chi connectivity index (χ1) is 13.7. The van der Waals surface area contributed by atoms with E-state index in [9.17, 15) is 21.6 Å². The molecule has 2 aliphatic rings. The van der Waals surface area contributed by atoms with E-state index in [-0.39, 0.29) is 18.1 Å². The Kier molecular flexibility index (Phi) is 5.32. The molecule has 29 heavy (non-hydrogen) atoms. The Hall–Kier alpha value is -1.72. The molecule has 2 aromatic heterocycles. The summed E-state index contributed by atoms with van der Waals surface area (Å²) in [6, 6.07) is 2.58. The molecule has 0 N–H and O–H groups in total. The first-order valence-corrected chi connectivity index (χ1v) is 11.3. The van der Waals surface area contributed by atoms with Gasteiger partial charge in [-0.3, -0.25) is 0 Å². The first-order valence-electron chi connectivity index (χ1n) is 9.92. The van der Waals surface area contributed by atoms with Crippen LogP contribution < -0.4 is 0 Å². The van der Waals surface area contributed by atoms with Crippen molar-refractivity contribution in [2.45, 2.75) is 51.1 Å². The third-order valence-electron chi connectivity index (χ3n) is 5.67. The van der Waals surface area contributed by atoms with Crippen molar-refractivity contribution in [3.8, 4) is 0 Å². The van der Waals surface area contributed by atoms with Crippen molar-refractivity contribution >= 4 is 15.9 Å². The number of halogens is 3. The number of aryl methyl sites for hydroxylation is 1. The Balaban J connectivity index is 1.66. The minimum absolute atomic E-state index is 0.145. The molecular weight excluding hydrogens is 407 g/mol. The van der Waals surface area contributed by atoms with E-state index >= 15 is 0 Å². The van der Waals surface area contributed by atoms with Crippen LogP contribution in [0.25, 0.3) is 5.65 Å². The van der Waals surface area contributed by atoms with Crippen LogP contribution in [0.1, 0.15) is 55.6 Å². The lowest BCUT2D eigenvalue weighted by atomic mass is 9.96. The number of alkyl halides is 3. The molecule has 4 rings (SSSR count). The van der Waals surface area contributed by atoms with Gasteiger partial charge in [0.15, 0.2) is 5.65 Å². The number of piperidine rings is 1. The Labute approximate surface area is 167 Å². The van der Waals surface area contributed by atoms with Gasteiger partial charge in [-0.05, 0) is 38.2 Å². The maximum atomic E-state index is 13.5. The molecule has 2 aliphatic heterocycles. The van der Waals surface area contributed by atoms with Gasteiger partial charge in [-0.25, -0.2) is 9.50 Å². The number of nitrogens with zero attached hydrogens (tertiary/aromatic N) is 5. The predicted octanol–water partition coefficient (Wildman–Crippen LogP) is 2.83. The quantitative estimate of drug-likeness (QED) is 0.747. The van der Waals surface area contributed by atoms with Gasteiger partial charge in [-0.2, -0.15) is 35.3 Å². The van der Waals surface area contributed by atoms with E-state index in [4.69, 9.17) is 0 Å². The zero-order chi connectivity index (χ0) is 20.8. The van der Waals surface area contributed by atoms with Gasteiger partial charge in [-0.1, -0.05) is 6.92 Å². The highest BCUT2D eigenvalue weighted by molar-refractivity contribution is 7.86. The average Bonchev–Trinajstić information content (AvgIpc) is 3.36. The molecule has 0 aromatic carbocycles. The lowest BCUT2D eigenvalue weighted by molar-refractivity contribution is -0.142. The summed E-state index contributed by atoms with van der Waals surface area (Å²) in [5.41, 5.74) is 0.0879. The summed E-state index contributed by atoms with van der Waals surface area (Å²) in [5, 5.41) is 4.19. The summed E-state index contributed by atoms with van der Waals surface area (Å²) in [6.07, 6.45) is -1.14. The summed E-state index contributed by atoms with van der Waals surface area (Å²) in [7, 11) is -3.54. The van der Waals surface area contributed by atoms with Crippen molar-refractivity contribution in [1.82, 2.24) is 23.2 Å². The maximum absolute atomic E-state index is 13.5. The molecule has 160 valence electrons. The van der Waals surface area contributed by atoms with Gasteiger partial charge in [0, 0.05) is 43.9 Å². The third-order valence-corrected chi connectivity index (χ3v) is 7.67. The average molecular weight is 431 g/mol. The van der Waals surface area contributed by atoms with Crippen molar-refractivity contribution in [3.63, 3.8) is 0 Å². The fourth-order valence-electron chi connectivity index (χ4n) is 4.10. The molecule has 2 fully saturated rings. The molecule has 2 aromatic rings. The Bertz CT molecular complexity index is 999. The van der Waals surface area contributed by atoms with Crippen LogP contribution in [0.4, 0.5) is 13.2 Å². The number of rotatable bonds is 4. The predicted molar refractivity (Wildman–Crippen MR) is 101 cm³/mol. The van der Waals surface area contributed by atoms with Crippen molar-refractivity contribution < 1.29 is 21.6 Å². The van der Waals surface area contributed by atoms with Crippen LogP contribution in [0.2, 0.25) is 0 Å². The number of fused-ring (bicyclic) bond motifs is 1. The fourth-order valence-corrected chi connectivity index (χ4v) is 5.88. The Morgan fingerprint density at radius 2 is 1.79 bits per heavy atom. The number of aromatic nitrogens is 3. The highest BCUT2D eigenvalue weighted by Crippen LogP contribution is 2.33. The molecule has 11 heteroatoms. The first kappa shape index (κ1) is 20.5. The summed E-state index contributed by atoms with van der Waals surface area (Å²) < 4.78 is 70.0. The van der Waals surface area contributed by atoms with Gasteiger partial charge < -0.3 is 0 Å².